The minimum Gasteiger partial charge on any atom is -0.294 e. The van der Waals surface area contributed by atoms with E-state index in [4.69, 9.17) is 11.6 Å². The fourth-order valence-electron chi connectivity index (χ4n) is 1.32. The molecule has 2 heteroatoms. The summed E-state index contributed by atoms with van der Waals surface area (Å²) in [5.41, 5.74) is 1.93. The molecule has 0 N–H and O–H groups in total. The molecule has 0 radical (unpaired) electrons. The summed E-state index contributed by atoms with van der Waals surface area (Å²) in [4.78, 5) is 11.5. The molecular formula is C11H13ClO. The van der Waals surface area contributed by atoms with Crippen LogP contribution in [0.1, 0.15) is 29.3 Å². The first-order valence-corrected chi connectivity index (χ1v) is 5.00. The van der Waals surface area contributed by atoms with Gasteiger partial charge in [-0.2, -0.15) is 0 Å². The van der Waals surface area contributed by atoms with E-state index in [1.165, 1.54) is 0 Å². The van der Waals surface area contributed by atoms with Gasteiger partial charge in [0.2, 0.25) is 0 Å². The Morgan fingerprint density at radius 2 is 2.08 bits per heavy atom. The molecule has 0 aromatic heterocycles. The van der Waals surface area contributed by atoms with Crippen LogP contribution in [0.25, 0.3) is 0 Å². The molecule has 1 rings (SSSR count). The van der Waals surface area contributed by atoms with Gasteiger partial charge < -0.3 is 0 Å². The van der Waals surface area contributed by atoms with Crippen molar-refractivity contribution in [3.63, 3.8) is 0 Å². The van der Waals surface area contributed by atoms with E-state index in [1.807, 2.05) is 31.2 Å². The van der Waals surface area contributed by atoms with Crippen molar-refractivity contribution in [3.05, 3.63) is 35.4 Å². The van der Waals surface area contributed by atoms with E-state index in [0.29, 0.717) is 12.3 Å². The molecule has 1 nitrogen and oxygen atoms in total. The van der Waals surface area contributed by atoms with Crippen LogP contribution < -0.4 is 0 Å². The topological polar surface area (TPSA) is 17.1 Å². The number of carbonyl (C=O) groups is 1. The Morgan fingerprint density at radius 3 is 2.69 bits per heavy atom. The van der Waals surface area contributed by atoms with E-state index in [1.54, 1.807) is 0 Å². The second-order valence-corrected chi connectivity index (χ2v) is 3.25. The molecule has 0 heterocycles. The lowest BCUT2D eigenvalue weighted by molar-refractivity contribution is 0.0988. The van der Waals surface area contributed by atoms with Crippen LogP contribution in [0.15, 0.2) is 24.3 Å². The lowest BCUT2D eigenvalue weighted by Crippen LogP contribution is -2.03. The van der Waals surface area contributed by atoms with Gasteiger partial charge in [0.15, 0.2) is 5.78 Å². The van der Waals surface area contributed by atoms with Crippen LogP contribution in [0.2, 0.25) is 0 Å². The van der Waals surface area contributed by atoms with Crippen LogP contribution in [0.3, 0.4) is 0 Å². The SMILES string of the molecule is CCc1ccccc1C(=O)CCCl. The predicted octanol–water partition coefficient (Wildman–Crippen LogP) is 3.06. The van der Waals surface area contributed by atoms with Gasteiger partial charge in [-0.05, 0) is 12.0 Å². The predicted molar refractivity (Wildman–Crippen MR) is 55.5 cm³/mol. The van der Waals surface area contributed by atoms with Crippen molar-refractivity contribution in [2.45, 2.75) is 19.8 Å². The molecule has 0 fully saturated rings. The minimum absolute atomic E-state index is 0.146. The Kier molecular flexibility index (Phi) is 3.97. The molecule has 0 aliphatic heterocycles. The summed E-state index contributed by atoms with van der Waals surface area (Å²) in [5.74, 6) is 0.545. The zero-order valence-corrected chi connectivity index (χ0v) is 8.47. The van der Waals surface area contributed by atoms with Gasteiger partial charge in [0.05, 0.1) is 0 Å². The second-order valence-electron chi connectivity index (χ2n) is 2.87. The van der Waals surface area contributed by atoms with Crippen LogP contribution in [-0.4, -0.2) is 11.7 Å². The second kappa shape index (κ2) is 5.03. The van der Waals surface area contributed by atoms with Crippen LogP contribution in [-0.2, 0) is 6.42 Å². The molecule has 70 valence electrons. The maximum atomic E-state index is 11.5. The minimum atomic E-state index is 0.146. The number of ketones is 1. The summed E-state index contributed by atoms with van der Waals surface area (Å²) in [5, 5.41) is 0. The smallest absolute Gasteiger partial charge is 0.164 e. The zero-order chi connectivity index (χ0) is 9.68. The largest absolute Gasteiger partial charge is 0.294 e. The standard InChI is InChI=1S/C11H13ClO/c1-2-9-5-3-4-6-10(9)11(13)7-8-12/h3-6H,2,7-8H2,1H3. The van der Waals surface area contributed by atoms with E-state index < -0.39 is 0 Å². The van der Waals surface area contributed by atoms with Gasteiger partial charge in [0.1, 0.15) is 0 Å². The molecule has 0 saturated carbocycles. The highest BCUT2D eigenvalue weighted by Gasteiger charge is 2.07. The molecule has 0 unspecified atom stereocenters. The average Bonchev–Trinajstić information content (AvgIpc) is 2.18. The molecule has 13 heavy (non-hydrogen) atoms. The number of aryl methyl sites for hydroxylation is 1. The van der Waals surface area contributed by atoms with Crippen LogP contribution in [0, 0.1) is 0 Å². The van der Waals surface area contributed by atoms with Crippen molar-refractivity contribution in [1.29, 1.82) is 0 Å². The number of carbonyl (C=O) groups excluding carboxylic acids is 1. The molecule has 0 spiro atoms. The Labute approximate surface area is 83.7 Å². The van der Waals surface area contributed by atoms with Crippen molar-refractivity contribution in [2.24, 2.45) is 0 Å². The third-order valence-corrected chi connectivity index (χ3v) is 2.21. The number of alkyl halides is 1. The fraction of sp³-hybridized carbons (Fsp3) is 0.364. The van der Waals surface area contributed by atoms with Gasteiger partial charge in [0.25, 0.3) is 0 Å². The molecule has 0 aliphatic carbocycles. The van der Waals surface area contributed by atoms with E-state index in [9.17, 15) is 4.79 Å². The molecule has 0 atom stereocenters. The Balaban J connectivity index is 2.92. The Hall–Kier alpha value is -0.820. The van der Waals surface area contributed by atoms with E-state index in [2.05, 4.69) is 0 Å². The van der Waals surface area contributed by atoms with Crippen molar-refractivity contribution < 1.29 is 4.79 Å². The normalized spacial score (nSPS) is 10.0. The molecule has 1 aromatic rings. The van der Waals surface area contributed by atoms with E-state index in [0.717, 1.165) is 17.5 Å². The molecule has 0 saturated heterocycles. The van der Waals surface area contributed by atoms with Crippen molar-refractivity contribution in [1.82, 2.24) is 0 Å². The highest BCUT2D eigenvalue weighted by molar-refractivity contribution is 6.19. The third-order valence-electron chi connectivity index (χ3n) is 2.02. The number of benzene rings is 1. The third kappa shape index (κ3) is 2.56. The lowest BCUT2D eigenvalue weighted by atomic mass is 10.0. The van der Waals surface area contributed by atoms with Gasteiger partial charge in [-0.25, -0.2) is 0 Å². The highest BCUT2D eigenvalue weighted by Crippen LogP contribution is 2.11. The zero-order valence-electron chi connectivity index (χ0n) is 7.72. The van der Waals surface area contributed by atoms with Gasteiger partial charge in [-0.3, -0.25) is 4.79 Å². The summed E-state index contributed by atoms with van der Waals surface area (Å²) in [6.45, 7) is 2.05. The summed E-state index contributed by atoms with van der Waals surface area (Å²) >= 11 is 5.52. The molecule has 1 aromatic carbocycles. The maximum absolute atomic E-state index is 11.5. The summed E-state index contributed by atoms with van der Waals surface area (Å²) in [7, 11) is 0. The van der Waals surface area contributed by atoms with Gasteiger partial charge >= 0.3 is 0 Å². The van der Waals surface area contributed by atoms with Crippen molar-refractivity contribution >= 4 is 17.4 Å². The summed E-state index contributed by atoms with van der Waals surface area (Å²) in [6.07, 6.45) is 1.32. The van der Waals surface area contributed by atoms with E-state index in [-0.39, 0.29) is 5.78 Å². The summed E-state index contributed by atoms with van der Waals surface area (Å²) in [6, 6.07) is 7.70. The van der Waals surface area contributed by atoms with Gasteiger partial charge in [0, 0.05) is 17.9 Å². The number of halogens is 1. The fourth-order valence-corrected chi connectivity index (χ4v) is 1.49. The Morgan fingerprint density at radius 1 is 1.38 bits per heavy atom. The molecule has 0 aliphatic rings. The first kappa shape index (κ1) is 10.3. The van der Waals surface area contributed by atoms with Crippen LogP contribution >= 0.6 is 11.6 Å². The number of hydrogen-bond donors (Lipinski definition) is 0. The van der Waals surface area contributed by atoms with Crippen LogP contribution in [0.5, 0.6) is 0 Å². The first-order valence-electron chi connectivity index (χ1n) is 4.46. The summed E-state index contributed by atoms with van der Waals surface area (Å²) < 4.78 is 0. The monoisotopic (exact) mass is 196 g/mol. The van der Waals surface area contributed by atoms with Crippen molar-refractivity contribution in [3.8, 4) is 0 Å². The molecule has 0 amide bonds. The first-order chi connectivity index (χ1) is 6.29. The van der Waals surface area contributed by atoms with Gasteiger partial charge in [-0.1, -0.05) is 31.2 Å². The van der Waals surface area contributed by atoms with Crippen LogP contribution in [0.4, 0.5) is 0 Å². The van der Waals surface area contributed by atoms with Gasteiger partial charge in [-0.15, -0.1) is 11.6 Å². The molecule has 0 bridgehead atoms. The number of Topliss-reactive ketones (excluding diaryl/α,β-unsaturated/α-hetero) is 1. The molecular weight excluding hydrogens is 184 g/mol. The average molecular weight is 197 g/mol. The maximum Gasteiger partial charge on any atom is 0.164 e. The van der Waals surface area contributed by atoms with E-state index >= 15 is 0 Å². The lowest BCUT2D eigenvalue weighted by Gasteiger charge is -2.04. The number of hydrogen-bond acceptors (Lipinski definition) is 1. The quantitative estimate of drug-likeness (QED) is 0.535. The number of rotatable bonds is 4. The Bertz CT molecular complexity index is 294. The van der Waals surface area contributed by atoms with Crippen molar-refractivity contribution in [2.75, 3.05) is 5.88 Å². The highest BCUT2D eigenvalue weighted by atomic mass is 35.5.